The molecule has 1 aromatic rings. The van der Waals surface area contributed by atoms with Crippen molar-refractivity contribution in [2.24, 2.45) is 0 Å². The van der Waals surface area contributed by atoms with Crippen LogP contribution >= 0.6 is 0 Å². The summed E-state index contributed by atoms with van der Waals surface area (Å²) in [6.45, 7) is 4.67. The van der Waals surface area contributed by atoms with E-state index in [0.29, 0.717) is 12.5 Å². The highest BCUT2D eigenvalue weighted by atomic mass is 16.5. The van der Waals surface area contributed by atoms with Crippen molar-refractivity contribution in [3.05, 3.63) is 29.3 Å². The molecule has 1 amide bonds. The normalized spacial score (nSPS) is 10.1. The maximum absolute atomic E-state index is 11.5. The molecule has 1 aromatic carbocycles. The van der Waals surface area contributed by atoms with Gasteiger partial charge in [-0.1, -0.05) is 26.0 Å². The summed E-state index contributed by atoms with van der Waals surface area (Å²) >= 11 is 0. The fraction of sp³-hybridized carbons (Fsp3) is 0.467. The summed E-state index contributed by atoms with van der Waals surface area (Å²) in [7, 11) is 1.62. The van der Waals surface area contributed by atoms with Crippen LogP contribution in [0.2, 0.25) is 0 Å². The highest BCUT2D eigenvalue weighted by Gasteiger charge is 2.08. The summed E-state index contributed by atoms with van der Waals surface area (Å²) < 4.78 is 5.29. The number of ether oxygens (including phenoxy) is 1. The zero-order valence-electron chi connectivity index (χ0n) is 11.7. The first-order chi connectivity index (χ1) is 9.08. The minimum atomic E-state index is -0.112. The number of amides is 1. The second kappa shape index (κ2) is 7.42. The Kier molecular flexibility index (Phi) is 5.87. The standard InChI is InChI=1S/C15H20N2O2/c1-11(2)12-6-7-14(19-3)13(9-12)10-17-15(18)5-4-8-16/h6-7,9,11H,4-5,10H2,1-3H3,(H,17,18). The van der Waals surface area contributed by atoms with Crippen LogP contribution < -0.4 is 10.1 Å². The molecule has 0 fully saturated rings. The topological polar surface area (TPSA) is 62.1 Å². The summed E-state index contributed by atoms with van der Waals surface area (Å²) in [4.78, 5) is 11.5. The molecule has 4 nitrogen and oxygen atoms in total. The van der Waals surface area contributed by atoms with Gasteiger partial charge in [-0.15, -0.1) is 0 Å². The lowest BCUT2D eigenvalue weighted by Crippen LogP contribution is -2.22. The molecule has 0 bridgehead atoms. The predicted octanol–water partition coefficient (Wildman–Crippen LogP) is 2.74. The van der Waals surface area contributed by atoms with E-state index in [1.807, 2.05) is 24.3 Å². The molecule has 4 heteroatoms. The molecule has 0 saturated heterocycles. The molecule has 0 heterocycles. The van der Waals surface area contributed by atoms with Crippen molar-refractivity contribution in [3.8, 4) is 11.8 Å². The number of nitrogens with zero attached hydrogens (tertiary/aromatic N) is 1. The number of methoxy groups -OCH3 is 1. The monoisotopic (exact) mass is 260 g/mol. The molecule has 0 aliphatic heterocycles. The van der Waals surface area contributed by atoms with Crippen molar-refractivity contribution >= 4 is 5.91 Å². The van der Waals surface area contributed by atoms with E-state index in [9.17, 15) is 4.79 Å². The number of hydrogen-bond acceptors (Lipinski definition) is 3. The van der Waals surface area contributed by atoms with E-state index in [4.69, 9.17) is 10.00 Å². The Morgan fingerprint density at radius 2 is 2.21 bits per heavy atom. The quantitative estimate of drug-likeness (QED) is 0.855. The van der Waals surface area contributed by atoms with Crippen LogP contribution in [0, 0.1) is 11.3 Å². The first kappa shape index (κ1) is 15.0. The molecule has 1 rings (SSSR count). The maximum Gasteiger partial charge on any atom is 0.221 e. The van der Waals surface area contributed by atoms with Gasteiger partial charge in [-0.25, -0.2) is 0 Å². The average molecular weight is 260 g/mol. The van der Waals surface area contributed by atoms with E-state index >= 15 is 0 Å². The Labute approximate surface area is 114 Å². The summed E-state index contributed by atoms with van der Waals surface area (Å²) in [5, 5.41) is 11.2. The third kappa shape index (κ3) is 4.63. The van der Waals surface area contributed by atoms with Crippen LogP contribution in [0.3, 0.4) is 0 Å². The first-order valence-electron chi connectivity index (χ1n) is 6.39. The molecule has 0 spiro atoms. The Hall–Kier alpha value is -2.02. The van der Waals surface area contributed by atoms with Gasteiger partial charge in [0.25, 0.3) is 0 Å². The molecule has 19 heavy (non-hydrogen) atoms. The van der Waals surface area contributed by atoms with Crippen LogP contribution in [0.15, 0.2) is 18.2 Å². The van der Waals surface area contributed by atoms with E-state index < -0.39 is 0 Å². The Balaban J connectivity index is 2.73. The third-order valence-corrected chi connectivity index (χ3v) is 2.91. The van der Waals surface area contributed by atoms with Gasteiger partial charge >= 0.3 is 0 Å². The minimum Gasteiger partial charge on any atom is -0.496 e. The van der Waals surface area contributed by atoms with Gasteiger partial charge in [-0.05, 0) is 17.5 Å². The van der Waals surface area contributed by atoms with E-state index in [1.54, 1.807) is 7.11 Å². The van der Waals surface area contributed by atoms with Crippen molar-refractivity contribution in [2.45, 2.75) is 39.2 Å². The number of rotatable bonds is 6. The molecule has 0 aliphatic rings. The maximum atomic E-state index is 11.5. The lowest BCUT2D eigenvalue weighted by atomic mass is 10.00. The van der Waals surface area contributed by atoms with Crippen LogP contribution in [0.1, 0.15) is 43.7 Å². The largest absolute Gasteiger partial charge is 0.496 e. The fourth-order valence-corrected chi connectivity index (χ4v) is 1.75. The second-order valence-corrected chi connectivity index (χ2v) is 4.66. The summed E-state index contributed by atoms with van der Waals surface area (Å²) in [6.07, 6.45) is 0.484. The highest BCUT2D eigenvalue weighted by molar-refractivity contribution is 5.76. The number of carbonyl (C=O) groups is 1. The SMILES string of the molecule is COc1ccc(C(C)C)cc1CNC(=O)CCC#N. The minimum absolute atomic E-state index is 0.112. The van der Waals surface area contributed by atoms with E-state index in [1.165, 1.54) is 5.56 Å². The third-order valence-electron chi connectivity index (χ3n) is 2.91. The second-order valence-electron chi connectivity index (χ2n) is 4.66. The number of nitriles is 1. The van der Waals surface area contributed by atoms with E-state index in [-0.39, 0.29) is 18.7 Å². The smallest absolute Gasteiger partial charge is 0.221 e. The average Bonchev–Trinajstić information content (AvgIpc) is 2.42. The van der Waals surface area contributed by atoms with Gasteiger partial charge in [0, 0.05) is 24.9 Å². The first-order valence-corrected chi connectivity index (χ1v) is 6.39. The van der Waals surface area contributed by atoms with Crippen molar-refractivity contribution in [1.29, 1.82) is 5.26 Å². The molecule has 0 radical (unpaired) electrons. The lowest BCUT2D eigenvalue weighted by Gasteiger charge is -2.13. The molecule has 102 valence electrons. The molecule has 0 saturated carbocycles. The zero-order valence-corrected chi connectivity index (χ0v) is 11.7. The van der Waals surface area contributed by atoms with Crippen LogP contribution in [0.5, 0.6) is 5.75 Å². The number of nitrogens with one attached hydrogen (secondary N) is 1. The Morgan fingerprint density at radius 1 is 1.47 bits per heavy atom. The van der Waals surface area contributed by atoms with Gasteiger partial charge in [-0.2, -0.15) is 5.26 Å². The Bertz CT molecular complexity index is 476. The van der Waals surface area contributed by atoms with Crippen LogP contribution in [0.4, 0.5) is 0 Å². The van der Waals surface area contributed by atoms with Gasteiger partial charge in [0.15, 0.2) is 0 Å². The summed E-state index contributed by atoms with van der Waals surface area (Å²) in [5.74, 6) is 1.09. The van der Waals surface area contributed by atoms with Crippen molar-refractivity contribution in [3.63, 3.8) is 0 Å². The molecular weight excluding hydrogens is 240 g/mol. The van der Waals surface area contributed by atoms with Gasteiger partial charge in [-0.3, -0.25) is 4.79 Å². The summed E-state index contributed by atoms with van der Waals surface area (Å²) in [5.41, 5.74) is 2.17. The summed E-state index contributed by atoms with van der Waals surface area (Å²) in [6, 6.07) is 7.96. The molecule has 1 N–H and O–H groups in total. The molecule has 0 aliphatic carbocycles. The van der Waals surface area contributed by atoms with Gasteiger partial charge in [0.1, 0.15) is 5.75 Å². The van der Waals surface area contributed by atoms with Gasteiger partial charge < -0.3 is 10.1 Å². The highest BCUT2D eigenvalue weighted by Crippen LogP contribution is 2.24. The van der Waals surface area contributed by atoms with Crippen LogP contribution in [-0.2, 0) is 11.3 Å². The fourth-order valence-electron chi connectivity index (χ4n) is 1.75. The van der Waals surface area contributed by atoms with Crippen molar-refractivity contribution < 1.29 is 9.53 Å². The molecule has 0 unspecified atom stereocenters. The zero-order chi connectivity index (χ0) is 14.3. The van der Waals surface area contributed by atoms with Crippen molar-refractivity contribution in [1.82, 2.24) is 5.32 Å². The Morgan fingerprint density at radius 3 is 2.79 bits per heavy atom. The van der Waals surface area contributed by atoms with E-state index in [0.717, 1.165) is 11.3 Å². The molecule has 0 aromatic heterocycles. The molecule has 0 atom stereocenters. The predicted molar refractivity (Wildman–Crippen MR) is 73.8 cm³/mol. The van der Waals surface area contributed by atoms with Crippen LogP contribution in [0.25, 0.3) is 0 Å². The van der Waals surface area contributed by atoms with Gasteiger partial charge in [0.05, 0.1) is 13.2 Å². The number of benzene rings is 1. The molecular formula is C15H20N2O2. The number of hydrogen-bond donors (Lipinski definition) is 1. The van der Waals surface area contributed by atoms with Crippen molar-refractivity contribution in [2.75, 3.05) is 7.11 Å². The number of carbonyl (C=O) groups excluding carboxylic acids is 1. The van der Waals surface area contributed by atoms with Gasteiger partial charge in [0.2, 0.25) is 5.91 Å². The van der Waals surface area contributed by atoms with E-state index in [2.05, 4.69) is 19.2 Å². The van der Waals surface area contributed by atoms with Crippen LogP contribution in [-0.4, -0.2) is 13.0 Å². The lowest BCUT2D eigenvalue weighted by molar-refractivity contribution is -0.121.